The summed E-state index contributed by atoms with van der Waals surface area (Å²) in [5.41, 5.74) is -1.09. The van der Waals surface area contributed by atoms with Crippen LogP contribution < -0.4 is 0 Å². The number of rotatable bonds is 3. The molecule has 23 heavy (non-hydrogen) atoms. The molecule has 1 aromatic heterocycles. The highest BCUT2D eigenvalue weighted by Crippen LogP contribution is 2.27. The third-order valence-electron chi connectivity index (χ3n) is 3.07. The van der Waals surface area contributed by atoms with Gasteiger partial charge in [0.05, 0.1) is 5.56 Å². The predicted octanol–water partition coefficient (Wildman–Crippen LogP) is 3.65. The second-order valence-electron chi connectivity index (χ2n) is 4.83. The first-order valence-corrected chi connectivity index (χ1v) is 6.41. The molecule has 0 saturated carbocycles. The summed E-state index contributed by atoms with van der Waals surface area (Å²) in [7, 11) is 1.35. The minimum atomic E-state index is -4.59. The maximum Gasteiger partial charge on any atom is 0.433 e. The Hall–Kier alpha value is -2.51. The lowest BCUT2D eigenvalue weighted by Gasteiger charge is -2.18. The summed E-state index contributed by atoms with van der Waals surface area (Å²) in [5, 5.41) is 0. The van der Waals surface area contributed by atoms with Crippen LogP contribution >= 0.6 is 0 Å². The number of nitrogens with zero attached hydrogens (tertiary/aromatic N) is 2. The van der Waals surface area contributed by atoms with Gasteiger partial charge in [-0.05, 0) is 18.2 Å². The molecule has 8 heteroatoms. The van der Waals surface area contributed by atoms with Gasteiger partial charge in [0.15, 0.2) is 0 Å². The van der Waals surface area contributed by atoms with Crippen molar-refractivity contribution in [3.63, 3.8) is 0 Å². The summed E-state index contributed by atoms with van der Waals surface area (Å²) in [6.07, 6.45) is -3.78. The van der Waals surface area contributed by atoms with Crippen LogP contribution in [0.4, 0.5) is 22.0 Å². The van der Waals surface area contributed by atoms with Crippen molar-refractivity contribution < 1.29 is 26.7 Å². The lowest BCUT2D eigenvalue weighted by atomic mass is 10.1. The highest BCUT2D eigenvalue weighted by molar-refractivity contribution is 5.93. The van der Waals surface area contributed by atoms with Crippen LogP contribution in [0.2, 0.25) is 0 Å². The van der Waals surface area contributed by atoms with Gasteiger partial charge in [0.2, 0.25) is 0 Å². The Morgan fingerprint density at radius 3 is 2.39 bits per heavy atom. The monoisotopic (exact) mass is 330 g/mol. The lowest BCUT2D eigenvalue weighted by Crippen LogP contribution is -2.27. The maximum atomic E-state index is 13.5. The molecule has 0 aliphatic rings. The SMILES string of the molecule is CN(Cc1ccc(F)cc1F)C(=O)c1ccc(C(F)(F)F)nc1. The van der Waals surface area contributed by atoms with Crippen molar-refractivity contribution in [3.05, 3.63) is 65.0 Å². The van der Waals surface area contributed by atoms with Gasteiger partial charge in [0, 0.05) is 31.4 Å². The summed E-state index contributed by atoms with van der Waals surface area (Å²) in [4.78, 5) is 16.4. The molecule has 0 bridgehead atoms. The van der Waals surface area contributed by atoms with Crippen molar-refractivity contribution in [2.24, 2.45) is 0 Å². The van der Waals surface area contributed by atoms with E-state index in [0.717, 1.165) is 23.2 Å². The fraction of sp³-hybridized carbons (Fsp3) is 0.200. The van der Waals surface area contributed by atoms with Crippen LogP contribution in [0.15, 0.2) is 36.5 Å². The van der Waals surface area contributed by atoms with E-state index >= 15 is 0 Å². The molecule has 1 aromatic carbocycles. The number of alkyl halides is 3. The standard InChI is InChI=1S/C15H11F5N2O/c1-22(8-10-2-4-11(16)6-12(10)17)14(23)9-3-5-13(21-7-9)15(18,19)20/h2-7H,8H2,1H3. The van der Waals surface area contributed by atoms with Gasteiger partial charge < -0.3 is 4.90 Å². The van der Waals surface area contributed by atoms with E-state index in [1.807, 2.05) is 0 Å². The molecule has 2 aromatic rings. The number of carbonyl (C=O) groups is 1. The van der Waals surface area contributed by atoms with Gasteiger partial charge in [-0.2, -0.15) is 13.2 Å². The first kappa shape index (κ1) is 16.9. The third kappa shape index (κ3) is 4.02. The number of amides is 1. The van der Waals surface area contributed by atoms with E-state index in [1.165, 1.54) is 13.1 Å². The highest BCUT2D eigenvalue weighted by Gasteiger charge is 2.32. The van der Waals surface area contributed by atoms with E-state index in [1.54, 1.807) is 0 Å². The Kier molecular flexibility index (Phi) is 4.63. The van der Waals surface area contributed by atoms with Crippen molar-refractivity contribution in [2.45, 2.75) is 12.7 Å². The maximum absolute atomic E-state index is 13.5. The van der Waals surface area contributed by atoms with Gasteiger partial charge >= 0.3 is 6.18 Å². The number of pyridine rings is 1. The van der Waals surface area contributed by atoms with Gasteiger partial charge in [-0.25, -0.2) is 8.78 Å². The van der Waals surface area contributed by atoms with E-state index in [0.29, 0.717) is 12.1 Å². The van der Waals surface area contributed by atoms with E-state index in [9.17, 15) is 26.7 Å². The molecular weight excluding hydrogens is 319 g/mol. The minimum absolute atomic E-state index is 0.0666. The molecule has 0 spiro atoms. The molecular formula is C15H11F5N2O. The fourth-order valence-corrected chi connectivity index (χ4v) is 1.89. The van der Waals surface area contributed by atoms with E-state index in [-0.39, 0.29) is 17.7 Å². The smallest absolute Gasteiger partial charge is 0.337 e. The molecule has 0 saturated heterocycles. The molecule has 0 radical (unpaired) electrons. The fourth-order valence-electron chi connectivity index (χ4n) is 1.89. The zero-order valence-electron chi connectivity index (χ0n) is 11.9. The second-order valence-corrected chi connectivity index (χ2v) is 4.83. The molecule has 1 amide bonds. The van der Waals surface area contributed by atoms with Crippen molar-refractivity contribution >= 4 is 5.91 Å². The Balaban J connectivity index is 2.13. The van der Waals surface area contributed by atoms with E-state index in [2.05, 4.69) is 4.98 Å². The van der Waals surface area contributed by atoms with Gasteiger partial charge in [-0.15, -0.1) is 0 Å². The predicted molar refractivity (Wildman–Crippen MR) is 71.4 cm³/mol. The average molecular weight is 330 g/mol. The average Bonchev–Trinajstić information content (AvgIpc) is 2.48. The zero-order valence-corrected chi connectivity index (χ0v) is 11.9. The van der Waals surface area contributed by atoms with Crippen molar-refractivity contribution in [1.29, 1.82) is 0 Å². The van der Waals surface area contributed by atoms with Crippen LogP contribution in [0.25, 0.3) is 0 Å². The molecule has 0 aliphatic heterocycles. The number of aromatic nitrogens is 1. The van der Waals surface area contributed by atoms with Crippen LogP contribution in [0, 0.1) is 11.6 Å². The molecule has 2 rings (SSSR count). The number of benzene rings is 1. The molecule has 1 heterocycles. The van der Waals surface area contributed by atoms with Crippen LogP contribution in [0.5, 0.6) is 0 Å². The van der Waals surface area contributed by atoms with Gasteiger partial charge in [0.1, 0.15) is 17.3 Å². The van der Waals surface area contributed by atoms with Gasteiger partial charge in [-0.1, -0.05) is 6.07 Å². The number of hydrogen-bond donors (Lipinski definition) is 0. The van der Waals surface area contributed by atoms with Crippen LogP contribution in [-0.2, 0) is 12.7 Å². The number of halogens is 5. The zero-order chi connectivity index (χ0) is 17.2. The first-order chi connectivity index (χ1) is 10.7. The van der Waals surface area contributed by atoms with Crippen LogP contribution in [0.1, 0.15) is 21.6 Å². The Morgan fingerprint density at radius 2 is 1.87 bits per heavy atom. The molecule has 0 fully saturated rings. The number of carbonyl (C=O) groups excluding carboxylic acids is 1. The molecule has 0 aliphatic carbocycles. The molecule has 0 unspecified atom stereocenters. The largest absolute Gasteiger partial charge is 0.433 e. The normalized spacial score (nSPS) is 11.4. The topological polar surface area (TPSA) is 33.2 Å². The van der Waals surface area contributed by atoms with Crippen molar-refractivity contribution in [2.75, 3.05) is 7.05 Å². The summed E-state index contributed by atoms with van der Waals surface area (Å²) in [6, 6.07) is 4.62. The molecule has 0 atom stereocenters. The summed E-state index contributed by atoms with van der Waals surface area (Å²) in [5.74, 6) is -2.18. The third-order valence-corrected chi connectivity index (χ3v) is 3.07. The molecule has 0 N–H and O–H groups in total. The molecule has 3 nitrogen and oxygen atoms in total. The number of hydrogen-bond acceptors (Lipinski definition) is 2. The Morgan fingerprint density at radius 1 is 1.17 bits per heavy atom. The first-order valence-electron chi connectivity index (χ1n) is 6.41. The summed E-state index contributed by atoms with van der Waals surface area (Å²) < 4.78 is 63.6. The van der Waals surface area contributed by atoms with Gasteiger partial charge in [-0.3, -0.25) is 9.78 Å². The van der Waals surface area contributed by atoms with Crippen molar-refractivity contribution in [3.8, 4) is 0 Å². The van der Waals surface area contributed by atoms with Gasteiger partial charge in [0.25, 0.3) is 5.91 Å². The Bertz CT molecular complexity index is 713. The quantitative estimate of drug-likeness (QED) is 0.805. The summed E-state index contributed by atoms with van der Waals surface area (Å²) in [6.45, 7) is -0.161. The van der Waals surface area contributed by atoms with Crippen LogP contribution in [-0.4, -0.2) is 22.8 Å². The second kappa shape index (κ2) is 6.31. The Labute approximate surface area is 128 Å². The minimum Gasteiger partial charge on any atom is -0.337 e. The lowest BCUT2D eigenvalue weighted by molar-refractivity contribution is -0.141. The van der Waals surface area contributed by atoms with Crippen LogP contribution in [0.3, 0.4) is 0 Å². The van der Waals surface area contributed by atoms with E-state index in [4.69, 9.17) is 0 Å². The molecule has 122 valence electrons. The van der Waals surface area contributed by atoms with Crippen molar-refractivity contribution in [1.82, 2.24) is 9.88 Å². The van der Waals surface area contributed by atoms with E-state index < -0.39 is 29.4 Å². The summed E-state index contributed by atoms with van der Waals surface area (Å²) >= 11 is 0. The highest BCUT2D eigenvalue weighted by atomic mass is 19.4.